The van der Waals surface area contributed by atoms with Crippen molar-refractivity contribution in [1.29, 1.82) is 0 Å². The van der Waals surface area contributed by atoms with Crippen LogP contribution >= 0.6 is 0 Å². The molecule has 0 aliphatic rings. The molecule has 0 aromatic heterocycles. The molecule has 0 radical (unpaired) electrons. The Kier molecular flexibility index (Phi) is 7.32. The van der Waals surface area contributed by atoms with Gasteiger partial charge < -0.3 is 14.2 Å². The van der Waals surface area contributed by atoms with Crippen LogP contribution in [-0.4, -0.2) is 30.8 Å². The number of carbonyl (C=O) groups is 2. The van der Waals surface area contributed by atoms with Gasteiger partial charge in [0.2, 0.25) is 0 Å². The van der Waals surface area contributed by atoms with Gasteiger partial charge in [0, 0.05) is 0 Å². The predicted molar refractivity (Wildman–Crippen MR) is 88.0 cm³/mol. The van der Waals surface area contributed by atoms with E-state index < -0.39 is 11.9 Å². The largest absolute Gasteiger partial charge is 0.494 e. The van der Waals surface area contributed by atoms with E-state index >= 15 is 0 Å². The third-order valence-corrected chi connectivity index (χ3v) is 2.63. The van der Waals surface area contributed by atoms with Crippen molar-refractivity contribution in [3.05, 3.63) is 35.4 Å². The topological polar surface area (TPSA) is 61.8 Å². The first-order chi connectivity index (χ1) is 10.8. The van der Waals surface area contributed by atoms with Crippen molar-refractivity contribution in [3.8, 4) is 5.75 Å². The second kappa shape index (κ2) is 8.98. The second-order valence-electron chi connectivity index (χ2n) is 5.47. The molecule has 0 amide bonds. The van der Waals surface area contributed by atoms with Gasteiger partial charge in [0.1, 0.15) is 11.3 Å². The molecule has 126 valence electrons. The van der Waals surface area contributed by atoms with Crippen LogP contribution < -0.4 is 4.74 Å². The van der Waals surface area contributed by atoms with Crippen LogP contribution in [0.5, 0.6) is 5.75 Å². The molecule has 0 spiro atoms. The molecule has 1 aromatic carbocycles. The van der Waals surface area contributed by atoms with E-state index in [9.17, 15) is 9.59 Å². The van der Waals surface area contributed by atoms with Gasteiger partial charge in [-0.1, -0.05) is 12.1 Å². The normalized spacial score (nSPS) is 10.4. The molecule has 5 heteroatoms. The molecule has 0 bridgehead atoms. The first-order valence-corrected chi connectivity index (χ1v) is 7.70. The zero-order valence-corrected chi connectivity index (χ0v) is 14.3. The first kappa shape index (κ1) is 18.7. The van der Waals surface area contributed by atoms with E-state index in [1.165, 1.54) is 6.08 Å². The summed E-state index contributed by atoms with van der Waals surface area (Å²) in [5, 5.41) is 0. The summed E-state index contributed by atoms with van der Waals surface area (Å²) in [6.07, 6.45) is 0.821. The first-order valence-electron chi connectivity index (χ1n) is 7.70. The Balaban J connectivity index is 3.06. The van der Waals surface area contributed by atoms with E-state index in [-0.39, 0.29) is 17.8 Å². The maximum atomic E-state index is 12.1. The Morgan fingerprint density at radius 1 is 0.957 bits per heavy atom. The Morgan fingerprint density at radius 2 is 1.43 bits per heavy atom. The van der Waals surface area contributed by atoms with Crippen LogP contribution in [0.25, 0.3) is 6.08 Å². The summed E-state index contributed by atoms with van der Waals surface area (Å²) in [5.74, 6) is -0.667. The van der Waals surface area contributed by atoms with Crippen molar-refractivity contribution in [2.24, 2.45) is 0 Å². The molecule has 0 fully saturated rings. The van der Waals surface area contributed by atoms with Gasteiger partial charge in [-0.25, -0.2) is 9.59 Å². The fourth-order valence-electron chi connectivity index (χ4n) is 1.75. The van der Waals surface area contributed by atoms with Crippen molar-refractivity contribution < 1.29 is 23.8 Å². The van der Waals surface area contributed by atoms with Gasteiger partial charge in [-0.05, 0) is 58.4 Å². The van der Waals surface area contributed by atoms with Crippen molar-refractivity contribution >= 4 is 18.0 Å². The number of ether oxygens (including phenoxy) is 3. The van der Waals surface area contributed by atoms with E-state index in [4.69, 9.17) is 14.2 Å². The predicted octanol–water partition coefficient (Wildman–Crippen LogP) is 3.37. The van der Waals surface area contributed by atoms with Crippen LogP contribution in [0.15, 0.2) is 29.8 Å². The number of hydrogen-bond donors (Lipinski definition) is 0. The van der Waals surface area contributed by atoms with E-state index in [0.717, 1.165) is 5.75 Å². The number of benzene rings is 1. The van der Waals surface area contributed by atoms with Gasteiger partial charge in [0.15, 0.2) is 0 Å². The summed E-state index contributed by atoms with van der Waals surface area (Å²) in [7, 11) is 0. The highest BCUT2D eigenvalue weighted by Gasteiger charge is 2.23. The standard InChI is InChI=1S/C18H24O5/c1-6-21-15-9-7-14(8-10-15)11-16(17(19)22-12(2)3)18(20)23-13(4)5/h7-13H,6H2,1-5H3. The van der Waals surface area contributed by atoms with Crippen LogP contribution in [0, 0.1) is 0 Å². The molecule has 0 aliphatic carbocycles. The highest BCUT2D eigenvalue weighted by Crippen LogP contribution is 2.16. The van der Waals surface area contributed by atoms with Crippen molar-refractivity contribution in [3.63, 3.8) is 0 Å². The molecule has 0 N–H and O–H groups in total. The Labute approximate surface area is 137 Å². The summed E-state index contributed by atoms with van der Waals surface area (Å²) in [5.41, 5.74) is 0.557. The molecule has 0 saturated heterocycles. The Bertz CT molecular complexity index is 531. The summed E-state index contributed by atoms with van der Waals surface area (Å²) < 4.78 is 15.6. The van der Waals surface area contributed by atoms with E-state index in [0.29, 0.717) is 12.2 Å². The highest BCUT2D eigenvalue weighted by atomic mass is 16.6. The summed E-state index contributed by atoms with van der Waals surface area (Å²) in [6.45, 7) is 9.36. The average molecular weight is 320 g/mol. The van der Waals surface area contributed by atoms with E-state index in [2.05, 4.69) is 0 Å². The molecule has 1 aromatic rings. The molecule has 0 heterocycles. The monoisotopic (exact) mass is 320 g/mol. The lowest BCUT2D eigenvalue weighted by Gasteiger charge is -2.12. The fourth-order valence-corrected chi connectivity index (χ4v) is 1.75. The van der Waals surface area contributed by atoms with Crippen LogP contribution in [0.3, 0.4) is 0 Å². The number of carbonyl (C=O) groups excluding carboxylic acids is 2. The average Bonchev–Trinajstić information content (AvgIpc) is 2.45. The Hall–Kier alpha value is -2.30. The molecule has 0 unspecified atom stereocenters. The summed E-state index contributed by atoms with van der Waals surface area (Å²) in [4.78, 5) is 24.3. The number of hydrogen-bond acceptors (Lipinski definition) is 5. The maximum absolute atomic E-state index is 12.1. The minimum atomic E-state index is -0.695. The molecular formula is C18H24O5. The lowest BCUT2D eigenvalue weighted by Crippen LogP contribution is -2.23. The van der Waals surface area contributed by atoms with Crippen LogP contribution in [0.2, 0.25) is 0 Å². The fraction of sp³-hybridized carbons (Fsp3) is 0.444. The third-order valence-electron chi connectivity index (χ3n) is 2.63. The van der Waals surface area contributed by atoms with E-state index in [1.807, 2.05) is 6.92 Å². The van der Waals surface area contributed by atoms with Gasteiger partial charge in [-0.15, -0.1) is 0 Å². The minimum Gasteiger partial charge on any atom is -0.494 e. The van der Waals surface area contributed by atoms with E-state index in [1.54, 1.807) is 52.0 Å². The lowest BCUT2D eigenvalue weighted by molar-refractivity contribution is -0.150. The minimum absolute atomic E-state index is 0.128. The second-order valence-corrected chi connectivity index (χ2v) is 5.47. The maximum Gasteiger partial charge on any atom is 0.345 e. The molecule has 0 aliphatic heterocycles. The van der Waals surface area contributed by atoms with Gasteiger partial charge in [-0.3, -0.25) is 0 Å². The van der Waals surface area contributed by atoms with Crippen molar-refractivity contribution in [1.82, 2.24) is 0 Å². The van der Waals surface area contributed by atoms with Crippen molar-refractivity contribution in [2.45, 2.75) is 46.8 Å². The lowest BCUT2D eigenvalue weighted by atomic mass is 10.1. The molecule has 5 nitrogen and oxygen atoms in total. The van der Waals surface area contributed by atoms with Crippen molar-refractivity contribution in [2.75, 3.05) is 6.61 Å². The smallest absolute Gasteiger partial charge is 0.345 e. The quantitative estimate of drug-likeness (QED) is 0.333. The summed E-state index contributed by atoms with van der Waals surface area (Å²) >= 11 is 0. The van der Waals surface area contributed by atoms with Gasteiger partial charge in [0.25, 0.3) is 0 Å². The zero-order valence-electron chi connectivity index (χ0n) is 14.3. The van der Waals surface area contributed by atoms with Gasteiger partial charge >= 0.3 is 11.9 Å². The molecule has 0 atom stereocenters. The molecule has 0 saturated carbocycles. The zero-order chi connectivity index (χ0) is 17.4. The number of esters is 2. The van der Waals surface area contributed by atoms with Gasteiger partial charge in [0.05, 0.1) is 18.8 Å². The van der Waals surface area contributed by atoms with Crippen LogP contribution in [0.1, 0.15) is 40.2 Å². The molecule has 1 rings (SSSR count). The molecular weight excluding hydrogens is 296 g/mol. The highest BCUT2D eigenvalue weighted by molar-refractivity contribution is 6.17. The van der Waals surface area contributed by atoms with Crippen LogP contribution in [0.4, 0.5) is 0 Å². The van der Waals surface area contributed by atoms with Gasteiger partial charge in [-0.2, -0.15) is 0 Å². The Morgan fingerprint density at radius 3 is 1.83 bits per heavy atom. The van der Waals surface area contributed by atoms with Crippen LogP contribution in [-0.2, 0) is 19.1 Å². The summed E-state index contributed by atoms with van der Waals surface area (Å²) in [6, 6.07) is 7.07. The third kappa shape index (κ3) is 6.55. The SMILES string of the molecule is CCOc1ccc(C=C(C(=O)OC(C)C)C(=O)OC(C)C)cc1. The number of rotatable bonds is 7. The molecule has 23 heavy (non-hydrogen) atoms.